The molecule has 0 radical (unpaired) electrons. The van der Waals surface area contributed by atoms with Crippen LogP contribution in [0.1, 0.15) is 57.2 Å². The van der Waals surface area contributed by atoms with Crippen LogP contribution in [0.2, 0.25) is 0 Å². The second kappa shape index (κ2) is 4.98. The zero-order chi connectivity index (χ0) is 17.3. The SMILES string of the molecule is CC1(C)[C@@H]2CC[C@]1(C)C1NNC(c3ccccc3C(F)(F)F)CC12. The number of hydrogen-bond acceptors (Lipinski definition) is 2. The summed E-state index contributed by atoms with van der Waals surface area (Å²) in [4.78, 5) is 0. The average molecular weight is 338 g/mol. The molecular formula is C19H25F3N2. The largest absolute Gasteiger partial charge is 0.416 e. The van der Waals surface area contributed by atoms with Crippen LogP contribution in [0.4, 0.5) is 13.2 Å². The van der Waals surface area contributed by atoms with E-state index in [2.05, 4.69) is 31.6 Å². The van der Waals surface area contributed by atoms with Gasteiger partial charge in [-0.2, -0.15) is 13.2 Å². The number of alkyl halides is 3. The van der Waals surface area contributed by atoms with Crippen molar-refractivity contribution in [3.05, 3.63) is 35.4 Å². The van der Waals surface area contributed by atoms with Crippen LogP contribution in [0.15, 0.2) is 24.3 Å². The molecule has 1 heterocycles. The summed E-state index contributed by atoms with van der Waals surface area (Å²) in [7, 11) is 0. The lowest BCUT2D eigenvalue weighted by Crippen LogP contribution is -2.58. The van der Waals surface area contributed by atoms with E-state index in [9.17, 15) is 13.2 Å². The summed E-state index contributed by atoms with van der Waals surface area (Å²) in [5.74, 6) is 1.02. The van der Waals surface area contributed by atoms with E-state index in [1.165, 1.54) is 25.0 Å². The Hall–Kier alpha value is -1.07. The van der Waals surface area contributed by atoms with Gasteiger partial charge >= 0.3 is 6.18 Å². The molecule has 0 amide bonds. The lowest BCUT2D eigenvalue weighted by molar-refractivity contribution is -0.138. The van der Waals surface area contributed by atoms with E-state index < -0.39 is 11.7 Å². The molecule has 3 fully saturated rings. The van der Waals surface area contributed by atoms with Gasteiger partial charge in [-0.15, -0.1) is 0 Å². The molecular weight excluding hydrogens is 313 g/mol. The van der Waals surface area contributed by atoms with Gasteiger partial charge in [-0.3, -0.25) is 10.9 Å². The number of fused-ring (bicyclic) bond motifs is 5. The van der Waals surface area contributed by atoms with Gasteiger partial charge in [0.15, 0.2) is 0 Å². The predicted molar refractivity (Wildman–Crippen MR) is 87.0 cm³/mol. The molecule has 4 rings (SSSR count). The Balaban J connectivity index is 1.65. The van der Waals surface area contributed by atoms with Crippen molar-refractivity contribution in [1.29, 1.82) is 0 Å². The maximum absolute atomic E-state index is 13.4. The van der Waals surface area contributed by atoms with Gasteiger partial charge in [0, 0.05) is 12.1 Å². The fraction of sp³-hybridized carbons (Fsp3) is 0.684. The van der Waals surface area contributed by atoms with E-state index in [0.717, 1.165) is 6.42 Å². The van der Waals surface area contributed by atoms with Crippen molar-refractivity contribution in [1.82, 2.24) is 10.9 Å². The van der Waals surface area contributed by atoms with E-state index in [1.54, 1.807) is 12.1 Å². The first-order valence-electron chi connectivity index (χ1n) is 8.83. The summed E-state index contributed by atoms with van der Waals surface area (Å²) in [5.41, 5.74) is 6.92. The van der Waals surface area contributed by atoms with Crippen LogP contribution in [0.25, 0.3) is 0 Å². The van der Waals surface area contributed by atoms with Crippen LogP contribution in [0.3, 0.4) is 0 Å². The van der Waals surface area contributed by atoms with Crippen LogP contribution in [-0.2, 0) is 6.18 Å². The van der Waals surface area contributed by atoms with Crippen molar-refractivity contribution in [2.24, 2.45) is 22.7 Å². The molecule has 132 valence electrons. The zero-order valence-corrected chi connectivity index (χ0v) is 14.4. The lowest BCUT2D eigenvalue weighted by Gasteiger charge is -2.45. The van der Waals surface area contributed by atoms with E-state index in [0.29, 0.717) is 23.4 Å². The molecule has 5 atom stereocenters. The van der Waals surface area contributed by atoms with Crippen molar-refractivity contribution < 1.29 is 13.2 Å². The highest BCUT2D eigenvalue weighted by atomic mass is 19.4. The summed E-state index contributed by atoms with van der Waals surface area (Å²) in [6, 6.07) is 6.03. The van der Waals surface area contributed by atoms with Gasteiger partial charge in [0.25, 0.3) is 0 Å². The molecule has 3 aliphatic rings. The van der Waals surface area contributed by atoms with E-state index in [-0.39, 0.29) is 16.9 Å². The molecule has 2 aliphatic carbocycles. The average Bonchev–Trinajstić information content (AvgIpc) is 2.85. The van der Waals surface area contributed by atoms with Gasteiger partial charge in [0.2, 0.25) is 0 Å². The summed E-state index contributed by atoms with van der Waals surface area (Å²) in [6.45, 7) is 7.02. The number of hydrazine groups is 1. The molecule has 2 bridgehead atoms. The fourth-order valence-corrected chi connectivity index (χ4v) is 5.92. The molecule has 1 aromatic rings. The van der Waals surface area contributed by atoms with E-state index in [1.807, 2.05) is 0 Å². The molecule has 3 unspecified atom stereocenters. The molecule has 0 aromatic heterocycles. The molecule has 24 heavy (non-hydrogen) atoms. The van der Waals surface area contributed by atoms with Crippen molar-refractivity contribution in [3.8, 4) is 0 Å². The first kappa shape index (κ1) is 16.4. The maximum atomic E-state index is 13.4. The van der Waals surface area contributed by atoms with Crippen LogP contribution >= 0.6 is 0 Å². The van der Waals surface area contributed by atoms with Gasteiger partial charge in [-0.05, 0) is 53.6 Å². The minimum Gasteiger partial charge on any atom is -0.253 e. The van der Waals surface area contributed by atoms with Gasteiger partial charge in [0.05, 0.1) is 5.56 Å². The summed E-state index contributed by atoms with van der Waals surface area (Å²) >= 11 is 0. The number of nitrogens with one attached hydrogen (secondary N) is 2. The Bertz CT molecular complexity index is 654. The molecule has 2 N–H and O–H groups in total. The quantitative estimate of drug-likeness (QED) is 0.776. The third kappa shape index (κ3) is 2.03. The minimum atomic E-state index is -4.31. The fourth-order valence-electron chi connectivity index (χ4n) is 5.92. The molecule has 1 saturated heterocycles. The second-order valence-electron chi connectivity index (χ2n) is 8.59. The third-order valence-corrected chi connectivity index (χ3v) is 7.57. The third-order valence-electron chi connectivity index (χ3n) is 7.57. The van der Waals surface area contributed by atoms with Crippen molar-refractivity contribution >= 4 is 0 Å². The standard InChI is InChI=1S/C19H25F3N2/c1-17(2)13-8-9-18(17,3)16-12(13)10-15(23-24-16)11-6-4-5-7-14(11)19(20,21)22/h4-7,12-13,15-16,23-24H,8-10H2,1-3H3/t12?,13-,15?,16?,18-/m1/s1. The second-order valence-corrected chi connectivity index (χ2v) is 8.59. The maximum Gasteiger partial charge on any atom is 0.416 e. The number of benzene rings is 1. The number of hydrogen-bond donors (Lipinski definition) is 2. The highest BCUT2D eigenvalue weighted by Gasteiger charge is 2.66. The molecule has 0 spiro atoms. The van der Waals surface area contributed by atoms with Crippen LogP contribution < -0.4 is 10.9 Å². The van der Waals surface area contributed by atoms with Crippen LogP contribution in [-0.4, -0.2) is 6.04 Å². The van der Waals surface area contributed by atoms with Gasteiger partial charge < -0.3 is 0 Å². The Morgan fingerprint density at radius 1 is 1.08 bits per heavy atom. The zero-order valence-electron chi connectivity index (χ0n) is 14.4. The van der Waals surface area contributed by atoms with E-state index >= 15 is 0 Å². The monoisotopic (exact) mass is 338 g/mol. The summed E-state index contributed by atoms with van der Waals surface area (Å²) < 4.78 is 40.1. The Morgan fingerprint density at radius 2 is 1.79 bits per heavy atom. The Kier molecular flexibility index (Phi) is 3.40. The molecule has 5 heteroatoms. The molecule has 2 nitrogen and oxygen atoms in total. The number of halogens is 3. The van der Waals surface area contributed by atoms with Crippen molar-refractivity contribution in [3.63, 3.8) is 0 Å². The predicted octanol–water partition coefficient (Wildman–Crippen LogP) is 4.69. The molecule has 1 aliphatic heterocycles. The molecule has 1 aromatic carbocycles. The van der Waals surface area contributed by atoms with E-state index in [4.69, 9.17) is 0 Å². The lowest BCUT2D eigenvalue weighted by atomic mass is 9.69. The topological polar surface area (TPSA) is 24.1 Å². The van der Waals surface area contributed by atoms with Crippen LogP contribution in [0.5, 0.6) is 0 Å². The van der Waals surface area contributed by atoms with Crippen molar-refractivity contribution in [2.45, 2.75) is 58.3 Å². The highest BCUT2D eigenvalue weighted by molar-refractivity contribution is 5.33. The highest BCUT2D eigenvalue weighted by Crippen LogP contribution is 2.69. The normalized spacial score (nSPS) is 40.6. The minimum absolute atomic E-state index is 0.212. The number of rotatable bonds is 1. The first-order valence-corrected chi connectivity index (χ1v) is 8.83. The first-order chi connectivity index (χ1) is 11.2. The Morgan fingerprint density at radius 3 is 2.50 bits per heavy atom. The van der Waals surface area contributed by atoms with Gasteiger partial charge in [0.1, 0.15) is 0 Å². The van der Waals surface area contributed by atoms with Crippen LogP contribution in [0, 0.1) is 22.7 Å². The Labute approximate surface area is 141 Å². The van der Waals surface area contributed by atoms with Gasteiger partial charge in [-0.1, -0.05) is 39.0 Å². The molecule has 2 saturated carbocycles. The summed E-state index contributed by atoms with van der Waals surface area (Å²) in [5, 5.41) is 0. The van der Waals surface area contributed by atoms with Crippen molar-refractivity contribution in [2.75, 3.05) is 0 Å². The summed E-state index contributed by atoms with van der Waals surface area (Å²) in [6.07, 6.45) is -1.15. The van der Waals surface area contributed by atoms with Gasteiger partial charge in [-0.25, -0.2) is 0 Å². The smallest absolute Gasteiger partial charge is 0.253 e.